The second kappa shape index (κ2) is 9.15. The Morgan fingerprint density at radius 1 is 1.28 bits per heavy atom. The van der Waals surface area contributed by atoms with Crippen LogP contribution in [0.25, 0.3) is 5.69 Å². The minimum Gasteiger partial charge on any atom is -0.497 e. The van der Waals surface area contributed by atoms with Crippen molar-refractivity contribution in [1.29, 1.82) is 5.26 Å². The Morgan fingerprint density at radius 3 is 2.52 bits per heavy atom. The van der Waals surface area contributed by atoms with Crippen LogP contribution in [0.3, 0.4) is 0 Å². The largest absolute Gasteiger partial charge is 0.497 e. The van der Waals surface area contributed by atoms with E-state index in [2.05, 4.69) is 16.3 Å². The van der Waals surface area contributed by atoms with Gasteiger partial charge in [-0.25, -0.2) is 0 Å². The molecule has 1 saturated carbocycles. The van der Waals surface area contributed by atoms with Gasteiger partial charge >= 0.3 is 0 Å². The molecule has 0 aliphatic heterocycles. The van der Waals surface area contributed by atoms with E-state index in [1.54, 1.807) is 7.11 Å². The number of rotatable bonds is 7. The minimum atomic E-state index is -0.103. The molecular weight excluding hydrogens is 364 g/mol. The van der Waals surface area contributed by atoms with Crippen molar-refractivity contribution in [2.75, 3.05) is 32.6 Å². The van der Waals surface area contributed by atoms with Crippen LogP contribution in [0.15, 0.2) is 24.3 Å². The molecule has 0 atom stereocenters. The van der Waals surface area contributed by atoms with Gasteiger partial charge in [-0.05, 0) is 69.5 Å². The first kappa shape index (κ1) is 20.9. The van der Waals surface area contributed by atoms with E-state index in [1.165, 1.54) is 25.7 Å². The Hall–Kier alpha value is -2.78. The maximum Gasteiger partial charge on any atom is 0.239 e. The minimum absolute atomic E-state index is 0.103. The summed E-state index contributed by atoms with van der Waals surface area (Å²) in [5, 5.41) is 12.7. The molecule has 2 aromatic rings. The first-order valence-electron chi connectivity index (χ1n) is 10.2. The molecule has 0 radical (unpaired) electrons. The van der Waals surface area contributed by atoms with E-state index in [0.29, 0.717) is 23.8 Å². The SMILES string of the molecule is COc1ccc(-n2c(C)c(C)c(C#N)c2NC(=O)CN(C)CC2CCCC2)cc1. The van der Waals surface area contributed by atoms with Crippen molar-refractivity contribution in [3.8, 4) is 17.5 Å². The molecule has 1 aliphatic carbocycles. The van der Waals surface area contributed by atoms with Crippen LogP contribution in [0.5, 0.6) is 5.75 Å². The van der Waals surface area contributed by atoms with Crippen molar-refractivity contribution >= 4 is 11.7 Å². The zero-order valence-corrected chi connectivity index (χ0v) is 17.8. The molecule has 6 nitrogen and oxygen atoms in total. The molecule has 29 heavy (non-hydrogen) atoms. The number of benzene rings is 1. The average molecular weight is 395 g/mol. The number of aromatic nitrogens is 1. The molecule has 1 heterocycles. The predicted molar refractivity (Wildman–Crippen MR) is 115 cm³/mol. The highest BCUT2D eigenvalue weighted by Gasteiger charge is 2.22. The van der Waals surface area contributed by atoms with E-state index in [9.17, 15) is 10.1 Å². The number of nitriles is 1. The normalized spacial score (nSPS) is 14.2. The number of ether oxygens (including phenoxy) is 1. The summed E-state index contributed by atoms with van der Waals surface area (Å²) in [6, 6.07) is 9.86. The van der Waals surface area contributed by atoms with Crippen LogP contribution in [-0.2, 0) is 4.79 Å². The molecule has 1 N–H and O–H groups in total. The van der Waals surface area contributed by atoms with Gasteiger partial charge in [0.15, 0.2) is 0 Å². The van der Waals surface area contributed by atoms with Crippen molar-refractivity contribution in [3.63, 3.8) is 0 Å². The number of carbonyl (C=O) groups excluding carboxylic acids is 1. The lowest BCUT2D eigenvalue weighted by Crippen LogP contribution is -2.33. The van der Waals surface area contributed by atoms with Crippen molar-refractivity contribution in [3.05, 3.63) is 41.1 Å². The summed E-state index contributed by atoms with van der Waals surface area (Å²) in [5.74, 6) is 1.88. The molecular formula is C23H30N4O2. The number of hydrogen-bond acceptors (Lipinski definition) is 4. The number of nitrogens with zero attached hydrogens (tertiary/aromatic N) is 3. The zero-order valence-electron chi connectivity index (χ0n) is 17.8. The van der Waals surface area contributed by atoms with Crippen molar-refractivity contribution in [2.24, 2.45) is 5.92 Å². The molecule has 0 bridgehead atoms. The van der Waals surface area contributed by atoms with Gasteiger partial charge in [0.25, 0.3) is 0 Å². The zero-order chi connectivity index (χ0) is 21.0. The number of nitrogens with one attached hydrogen (secondary N) is 1. The van der Waals surface area contributed by atoms with E-state index in [0.717, 1.165) is 29.2 Å². The quantitative estimate of drug-likeness (QED) is 0.770. The molecule has 6 heteroatoms. The molecule has 0 spiro atoms. The van der Waals surface area contributed by atoms with Crippen molar-refractivity contribution < 1.29 is 9.53 Å². The predicted octanol–water partition coefficient (Wildman–Crippen LogP) is 4.03. The van der Waals surface area contributed by atoms with Gasteiger partial charge in [-0.2, -0.15) is 5.26 Å². The Morgan fingerprint density at radius 2 is 1.93 bits per heavy atom. The number of likely N-dealkylation sites (N-methyl/N-ethyl adjacent to an activating group) is 1. The summed E-state index contributed by atoms with van der Waals surface area (Å²) in [6.45, 7) is 5.13. The third-order valence-electron chi connectivity index (χ3n) is 5.87. The first-order valence-corrected chi connectivity index (χ1v) is 10.2. The van der Waals surface area contributed by atoms with Crippen LogP contribution in [-0.4, -0.2) is 42.6 Å². The summed E-state index contributed by atoms with van der Waals surface area (Å²) in [7, 11) is 3.61. The van der Waals surface area contributed by atoms with Gasteiger partial charge in [-0.15, -0.1) is 0 Å². The first-order chi connectivity index (χ1) is 13.9. The van der Waals surface area contributed by atoms with E-state index in [4.69, 9.17) is 4.74 Å². The second-order valence-corrected chi connectivity index (χ2v) is 7.97. The van der Waals surface area contributed by atoms with Crippen LogP contribution < -0.4 is 10.1 Å². The van der Waals surface area contributed by atoms with Gasteiger partial charge in [-0.3, -0.25) is 14.3 Å². The Labute approximate surface area is 173 Å². The standard InChI is InChI=1S/C23H30N4O2/c1-16-17(2)27(19-9-11-20(29-4)12-10-19)23(21(16)13-24)25-22(28)15-26(3)14-18-7-5-6-8-18/h9-12,18H,5-8,14-15H2,1-4H3,(H,25,28). The highest BCUT2D eigenvalue weighted by molar-refractivity contribution is 5.93. The summed E-state index contributed by atoms with van der Waals surface area (Å²) in [4.78, 5) is 14.9. The molecule has 0 saturated heterocycles. The molecule has 0 unspecified atom stereocenters. The highest BCUT2D eigenvalue weighted by atomic mass is 16.5. The number of anilines is 1. The third-order valence-corrected chi connectivity index (χ3v) is 5.87. The average Bonchev–Trinajstić information content (AvgIpc) is 3.28. The Kier molecular flexibility index (Phi) is 6.60. The van der Waals surface area contributed by atoms with Gasteiger partial charge in [0.1, 0.15) is 17.6 Å². The van der Waals surface area contributed by atoms with Crippen LogP contribution in [0, 0.1) is 31.1 Å². The lowest BCUT2D eigenvalue weighted by Gasteiger charge is -2.20. The third kappa shape index (κ3) is 4.63. The molecule has 1 aliphatic rings. The summed E-state index contributed by atoms with van der Waals surface area (Å²) in [6.07, 6.45) is 5.10. The monoisotopic (exact) mass is 394 g/mol. The fraction of sp³-hybridized carbons (Fsp3) is 0.478. The second-order valence-electron chi connectivity index (χ2n) is 7.97. The van der Waals surface area contributed by atoms with Gasteiger partial charge in [0, 0.05) is 17.9 Å². The summed E-state index contributed by atoms with van der Waals surface area (Å²) >= 11 is 0. The van der Waals surface area contributed by atoms with E-state index in [1.807, 2.05) is 49.7 Å². The molecule has 1 aromatic carbocycles. The van der Waals surface area contributed by atoms with Crippen LogP contribution in [0.4, 0.5) is 5.82 Å². The maximum atomic E-state index is 12.8. The number of amides is 1. The maximum absolute atomic E-state index is 12.8. The van der Waals surface area contributed by atoms with Crippen molar-refractivity contribution in [1.82, 2.24) is 9.47 Å². The van der Waals surface area contributed by atoms with Gasteiger partial charge in [0.2, 0.25) is 5.91 Å². The van der Waals surface area contributed by atoms with E-state index >= 15 is 0 Å². The number of carbonyl (C=O) groups is 1. The van der Waals surface area contributed by atoms with Crippen molar-refractivity contribution in [2.45, 2.75) is 39.5 Å². The molecule has 3 rings (SSSR count). The molecule has 1 amide bonds. The Bertz CT molecular complexity index is 902. The van der Waals surface area contributed by atoms with E-state index < -0.39 is 0 Å². The molecule has 1 aromatic heterocycles. The highest BCUT2D eigenvalue weighted by Crippen LogP contribution is 2.31. The van der Waals surface area contributed by atoms with Gasteiger partial charge in [0.05, 0.1) is 19.2 Å². The van der Waals surface area contributed by atoms with Crippen LogP contribution in [0.2, 0.25) is 0 Å². The molecule has 154 valence electrons. The molecule has 1 fully saturated rings. The number of methoxy groups -OCH3 is 1. The van der Waals surface area contributed by atoms with Gasteiger partial charge < -0.3 is 10.1 Å². The number of hydrogen-bond donors (Lipinski definition) is 1. The van der Waals surface area contributed by atoms with Crippen LogP contribution >= 0.6 is 0 Å². The fourth-order valence-electron chi connectivity index (χ4n) is 4.23. The van der Waals surface area contributed by atoms with E-state index in [-0.39, 0.29) is 5.91 Å². The lowest BCUT2D eigenvalue weighted by atomic mass is 10.1. The van der Waals surface area contributed by atoms with Crippen LogP contribution in [0.1, 0.15) is 42.5 Å². The lowest BCUT2D eigenvalue weighted by molar-refractivity contribution is -0.117. The van der Waals surface area contributed by atoms with Gasteiger partial charge in [-0.1, -0.05) is 12.8 Å². The summed E-state index contributed by atoms with van der Waals surface area (Å²) < 4.78 is 7.17. The fourth-order valence-corrected chi connectivity index (χ4v) is 4.23. The topological polar surface area (TPSA) is 70.3 Å². The Balaban J connectivity index is 1.82. The summed E-state index contributed by atoms with van der Waals surface area (Å²) in [5.41, 5.74) is 3.19. The smallest absolute Gasteiger partial charge is 0.239 e.